The molecule has 5 nitrogen and oxygen atoms in total. The molecule has 2 N–H and O–H groups in total. The molecular formula is C19H34IN5. The van der Waals surface area contributed by atoms with Crippen LogP contribution in [0.2, 0.25) is 0 Å². The summed E-state index contributed by atoms with van der Waals surface area (Å²) < 4.78 is 0. The molecule has 6 heteroatoms. The Labute approximate surface area is 170 Å². The molecule has 0 amide bonds. The summed E-state index contributed by atoms with van der Waals surface area (Å²) in [6, 6.07) is 11.3. The smallest absolute Gasteiger partial charge is 0.191 e. The number of benzene rings is 1. The lowest BCUT2D eigenvalue weighted by atomic mass is 10.2. The SMILES string of the molecule is CCN(C)CCNC(=NC)NCC1CCCN1Cc1ccccc1.I. The number of rotatable bonds is 8. The van der Waals surface area contributed by atoms with Crippen LogP contribution in [0.3, 0.4) is 0 Å². The molecule has 1 atom stereocenters. The maximum Gasteiger partial charge on any atom is 0.191 e. The highest BCUT2D eigenvalue weighted by molar-refractivity contribution is 14.0. The first kappa shape index (κ1) is 22.2. The van der Waals surface area contributed by atoms with Crippen LogP contribution in [0.15, 0.2) is 35.3 Å². The van der Waals surface area contributed by atoms with Crippen molar-refractivity contribution in [2.24, 2.45) is 4.99 Å². The lowest BCUT2D eigenvalue weighted by Gasteiger charge is -2.25. The molecule has 2 rings (SSSR count). The third kappa shape index (κ3) is 7.92. The summed E-state index contributed by atoms with van der Waals surface area (Å²) >= 11 is 0. The number of nitrogens with zero attached hydrogens (tertiary/aromatic N) is 3. The van der Waals surface area contributed by atoms with Gasteiger partial charge in [-0.1, -0.05) is 37.3 Å². The molecule has 0 saturated carbocycles. The molecule has 0 spiro atoms. The molecule has 1 aliphatic rings. The standard InChI is InChI=1S/C19H33N5.HI/c1-4-23(3)14-12-21-19(20-2)22-15-18-11-8-13-24(18)16-17-9-6-5-7-10-17;/h5-7,9-10,18H,4,8,11-16H2,1-3H3,(H2,20,21,22);1H. The minimum Gasteiger partial charge on any atom is -0.355 e. The topological polar surface area (TPSA) is 42.9 Å². The third-order valence-electron chi connectivity index (χ3n) is 4.78. The maximum atomic E-state index is 4.34. The molecule has 1 aliphatic heterocycles. The highest BCUT2D eigenvalue weighted by Gasteiger charge is 2.24. The molecule has 1 unspecified atom stereocenters. The molecular weight excluding hydrogens is 425 g/mol. The second kappa shape index (κ2) is 12.5. The highest BCUT2D eigenvalue weighted by Crippen LogP contribution is 2.19. The van der Waals surface area contributed by atoms with Gasteiger partial charge in [0.25, 0.3) is 0 Å². The van der Waals surface area contributed by atoms with Gasteiger partial charge in [-0.3, -0.25) is 9.89 Å². The summed E-state index contributed by atoms with van der Waals surface area (Å²) in [7, 11) is 3.98. The lowest BCUT2D eigenvalue weighted by Crippen LogP contribution is -2.46. The molecule has 0 aliphatic carbocycles. The van der Waals surface area contributed by atoms with Crippen molar-refractivity contribution in [3.63, 3.8) is 0 Å². The van der Waals surface area contributed by atoms with E-state index in [-0.39, 0.29) is 24.0 Å². The van der Waals surface area contributed by atoms with Gasteiger partial charge in [0.2, 0.25) is 0 Å². The predicted octanol–water partition coefficient (Wildman–Crippen LogP) is 2.39. The van der Waals surface area contributed by atoms with Crippen LogP contribution in [0.5, 0.6) is 0 Å². The van der Waals surface area contributed by atoms with E-state index in [4.69, 9.17) is 0 Å². The Balaban J connectivity index is 0.00000312. The van der Waals surface area contributed by atoms with Gasteiger partial charge in [-0.05, 0) is 38.5 Å². The van der Waals surface area contributed by atoms with Crippen LogP contribution in [0.4, 0.5) is 0 Å². The van der Waals surface area contributed by atoms with Crippen molar-refractivity contribution in [3.8, 4) is 0 Å². The molecule has 1 fully saturated rings. The van der Waals surface area contributed by atoms with Crippen LogP contribution in [0.25, 0.3) is 0 Å². The molecule has 0 aromatic heterocycles. The number of hydrogen-bond acceptors (Lipinski definition) is 3. The zero-order valence-electron chi connectivity index (χ0n) is 15.9. The van der Waals surface area contributed by atoms with E-state index in [1.54, 1.807) is 0 Å². The fourth-order valence-corrected chi connectivity index (χ4v) is 3.11. The summed E-state index contributed by atoms with van der Waals surface area (Å²) in [6.07, 6.45) is 2.54. The van der Waals surface area contributed by atoms with Gasteiger partial charge in [0.15, 0.2) is 5.96 Å². The van der Waals surface area contributed by atoms with Crippen molar-refractivity contribution < 1.29 is 0 Å². The number of likely N-dealkylation sites (N-methyl/N-ethyl adjacent to an activating group) is 1. The van der Waals surface area contributed by atoms with Crippen molar-refractivity contribution in [1.82, 2.24) is 20.4 Å². The highest BCUT2D eigenvalue weighted by atomic mass is 127. The fraction of sp³-hybridized carbons (Fsp3) is 0.632. The van der Waals surface area contributed by atoms with E-state index >= 15 is 0 Å². The monoisotopic (exact) mass is 459 g/mol. The van der Waals surface area contributed by atoms with Crippen molar-refractivity contribution in [2.45, 2.75) is 32.4 Å². The van der Waals surface area contributed by atoms with Gasteiger partial charge in [0.1, 0.15) is 0 Å². The zero-order chi connectivity index (χ0) is 17.2. The van der Waals surface area contributed by atoms with E-state index in [0.717, 1.165) is 38.7 Å². The minimum atomic E-state index is 0. The Kier molecular flexibility index (Phi) is 11.1. The van der Waals surface area contributed by atoms with E-state index in [9.17, 15) is 0 Å². The largest absolute Gasteiger partial charge is 0.355 e. The van der Waals surface area contributed by atoms with Gasteiger partial charge in [-0.2, -0.15) is 0 Å². The summed E-state index contributed by atoms with van der Waals surface area (Å²) in [5, 5.41) is 6.90. The number of likely N-dealkylation sites (tertiary alicyclic amines) is 1. The second-order valence-electron chi connectivity index (χ2n) is 6.53. The van der Waals surface area contributed by atoms with Crippen LogP contribution < -0.4 is 10.6 Å². The van der Waals surface area contributed by atoms with Crippen LogP contribution in [0.1, 0.15) is 25.3 Å². The summed E-state index contributed by atoms with van der Waals surface area (Å²) in [4.78, 5) is 9.21. The van der Waals surface area contributed by atoms with Gasteiger partial charge in [0, 0.05) is 39.3 Å². The van der Waals surface area contributed by atoms with Crippen molar-refractivity contribution >= 4 is 29.9 Å². The summed E-state index contributed by atoms with van der Waals surface area (Å²) in [5.41, 5.74) is 1.40. The number of nitrogens with one attached hydrogen (secondary N) is 2. The van der Waals surface area contributed by atoms with Crippen LogP contribution in [0, 0.1) is 0 Å². The van der Waals surface area contributed by atoms with Gasteiger partial charge < -0.3 is 15.5 Å². The molecule has 1 saturated heterocycles. The average molecular weight is 459 g/mol. The quantitative estimate of drug-likeness (QED) is 0.356. The van der Waals surface area contributed by atoms with Crippen molar-refractivity contribution in [3.05, 3.63) is 35.9 Å². The molecule has 25 heavy (non-hydrogen) atoms. The normalized spacial score (nSPS) is 18.2. The van der Waals surface area contributed by atoms with Crippen LogP contribution in [-0.2, 0) is 6.54 Å². The first-order valence-electron chi connectivity index (χ1n) is 9.14. The Morgan fingerprint density at radius 1 is 1.28 bits per heavy atom. The van der Waals surface area contributed by atoms with E-state index in [2.05, 4.69) is 69.7 Å². The molecule has 0 radical (unpaired) electrons. The third-order valence-corrected chi connectivity index (χ3v) is 4.78. The maximum absolute atomic E-state index is 4.34. The number of guanidine groups is 1. The number of hydrogen-bond donors (Lipinski definition) is 2. The van der Waals surface area contributed by atoms with Gasteiger partial charge in [-0.15, -0.1) is 24.0 Å². The predicted molar refractivity (Wildman–Crippen MR) is 118 cm³/mol. The number of halogens is 1. The Morgan fingerprint density at radius 3 is 2.72 bits per heavy atom. The average Bonchev–Trinajstić information content (AvgIpc) is 3.05. The molecule has 0 bridgehead atoms. The second-order valence-corrected chi connectivity index (χ2v) is 6.53. The van der Waals surface area contributed by atoms with Gasteiger partial charge in [-0.25, -0.2) is 0 Å². The molecule has 1 aromatic carbocycles. The molecule has 1 heterocycles. The first-order valence-corrected chi connectivity index (χ1v) is 9.14. The Hall–Kier alpha value is -0.860. The van der Waals surface area contributed by atoms with Crippen LogP contribution >= 0.6 is 24.0 Å². The van der Waals surface area contributed by atoms with Crippen molar-refractivity contribution in [1.29, 1.82) is 0 Å². The Bertz CT molecular complexity index is 494. The van der Waals surface area contributed by atoms with E-state index in [1.165, 1.54) is 24.9 Å². The van der Waals surface area contributed by atoms with E-state index in [0.29, 0.717) is 6.04 Å². The van der Waals surface area contributed by atoms with E-state index in [1.807, 2.05) is 7.05 Å². The lowest BCUT2D eigenvalue weighted by molar-refractivity contribution is 0.245. The minimum absolute atomic E-state index is 0. The summed E-state index contributed by atoms with van der Waals surface area (Å²) in [6.45, 7) is 8.38. The zero-order valence-corrected chi connectivity index (χ0v) is 18.2. The van der Waals surface area contributed by atoms with Crippen LogP contribution in [-0.4, -0.2) is 68.6 Å². The summed E-state index contributed by atoms with van der Waals surface area (Å²) in [5.74, 6) is 0.908. The molecule has 1 aromatic rings. The first-order chi connectivity index (χ1) is 11.7. The number of aliphatic imine (C=N–C) groups is 1. The Morgan fingerprint density at radius 2 is 2.04 bits per heavy atom. The van der Waals surface area contributed by atoms with Gasteiger partial charge in [0.05, 0.1) is 0 Å². The fourth-order valence-electron chi connectivity index (χ4n) is 3.11. The van der Waals surface area contributed by atoms with Gasteiger partial charge >= 0.3 is 0 Å². The van der Waals surface area contributed by atoms with Crippen molar-refractivity contribution in [2.75, 3.05) is 46.8 Å². The molecule has 142 valence electrons. The van der Waals surface area contributed by atoms with E-state index < -0.39 is 0 Å².